The zero-order valence-electron chi connectivity index (χ0n) is 17.8. The Hall–Kier alpha value is -2.97. The molecule has 7 nitrogen and oxygen atoms in total. The summed E-state index contributed by atoms with van der Waals surface area (Å²) >= 11 is 0. The second-order valence-electron chi connectivity index (χ2n) is 7.69. The van der Waals surface area contributed by atoms with Crippen LogP contribution in [0.4, 0.5) is 0 Å². The molecule has 162 valence electrons. The predicted molar refractivity (Wildman–Crippen MR) is 117 cm³/mol. The van der Waals surface area contributed by atoms with Gasteiger partial charge in [0.25, 0.3) is 5.91 Å². The number of aryl methyl sites for hydroxylation is 1. The highest BCUT2D eigenvalue weighted by molar-refractivity contribution is 7.89. The first kappa shape index (κ1) is 21.3. The minimum absolute atomic E-state index is 0.114. The van der Waals surface area contributed by atoms with Gasteiger partial charge in [-0.3, -0.25) is 4.79 Å². The van der Waals surface area contributed by atoms with Gasteiger partial charge in [0.2, 0.25) is 10.0 Å². The molecule has 0 N–H and O–H groups in total. The third-order valence-electron chi connectivity index (χ3n) is 5.67. The van der Waals surface area contributed by atoms with E-state index >= 15 is 0 Å². The lowest BCUT2D eigenvalue weighted by Crippen LogP contribution is -2.36. The number of nitrogens with zero attached hydrogens (tertiary/aromatic N) is 3. The average molecular weight is 440 g/mol. The van der Waals surface area contributed by atoms with Crippen LogP contribution in [0.5, 0.6) is 5.75 Å². The van der Waals surface area contributed by atoms with Gasteiger partial charge in [-0.1, -0.05) is 36.4 Å². The number of fused-ring (bicyclic) bond motifs is 1. The van der Waals surface area contributed by atoms with E-state index in [1.807, 2.05) is 36.4 Å². The zero-order chi connectivity index (χ0) is 22.2. The van der Waals surface area contributed by atoms with Crippen LogP contribution in [0.25, 0.3) is 0 Å². The minimum atomic E-state index is -3.78. The molecule has 2 aromatic carbocycles. The van der Waals surface area contributed by atoms with E-state index in [2.05, 4.69) is 5.10 Å². The van der Waals surface area contributed by atoms with Crippen LogP contribution in [0.2, 0.25) is 0 Å². The molecule has 0 saturated carbocycles. The van der Waals surface area contributed by atoms with E-state index in [0.717, 1.165) is 11.1 Å². The maximum Gasteiger partial charge on any atom is 0.251 e. The van der Waals surface area contributed by atoms with Crippen molar-refractivity contribution in [3.8, 4) is 5.75 Å². The van der Waals surface area contributed by atoms with Crippen molar-refractivity contribution in [3.63, 3.8) is 0 Å². The van der Waals surface area contributed by atoms with Crippen LogP contribution in [-0.4, -0.2) is 42.1 Å². The Bertz CT molecular complexity index is 1230. The number of ether oxygens (including phenoxy) is 1. The Morgan fingerprint density at radius 1 is 1.06 bits per heavy atom. The van der Waals surface area contributed by atoms with E-state index in [0.29, 0.717) is 36.6 Å². The molecule has 0 spiro atoms. The van der Waals surface area contributed by atoms with E-state index in [4.69, 9.17) is 4.74 Å². The number of rotatable bonds is 5. The largest absolute Gasteiger partial charge is 0.497 e. The van der Waals surface area contributed by atoms with Gasteiger partial charge in [-0.15, -0.1) is 0 Å². The summed E-state index contributed by atoms with van der Waals surface area (Å²) in [4.78, 5) is 13.0. The van der Waals surface area contributed by atoms with Crippen LogP contribution in [-0.2, 0) is 29.4 Å². The molecule has 0 aliphatic carbocycles. The van der Waals surface area contributed by atoms with E-state index in [1.54, 1.807) is 33.1 Å². The average Bonchev–Trinajstić information content (AvgIpc) is 3.08. The first-order valence-corrected chi connectivity index (χ1v) is 11.5. The Morgan fingerprint density at radius 3 is 2.42 bits per heavy atom. The Labute approximate surface area is 182 Å². The van der Waals surface area contributed by atoms with E-state index in [9.17, 15) is 13.2 Å². The van der Waals surface area contributed by atoms with Crippen molar-refractivity contribution in [1.82, 2.24) is 14.1 Å². The summed E-state index contributed by atoms with van der Waals surface area (Å²) in [6.45, 7) is 4.00. The maximum absolute atomic E-state index is 13.5. The molecule has 1 aromatic heterocycles. The molecule has 1 aliphatic heterocycles. The molecule has 0 unspecified atom stereocenters. The van der Waals surface area contributed by atoms with Gasteiger partial charge < -0.3 is 4.74 Å². The summed E-state index contributed by atoms with van der Waals surface area (Å²) < 4.78 is 34.7. The number of hydrogen-bond acceptors (Lipinski definition) is 5. The normalized spacial score (nSPS) is 14.3. The smallest absolute Gasteiger partial charge is 0.251 e. The summed E-state index contributed by atoms with van der Waals surface area (Å²) in [5, 5.41) is 4.28. The summed E-state index contributed by atoms with van der Waals surface area (Å²) in [6, 6.07) is 15.1. The first-order valence-electron chi connectivity index (χ1n) is 10.1. The van der Waals surface area contributed by atoms with Gasteiger partial charge in [0.1, 0.15) is 10.6 Å². The second kappa shape index (κ2) is 8.28. The number of aromatic nitrogens is 2. The van der Waals surface area contributed by atoms with Crippen molar-refractivity contribution in [2.24, 2.45) is 0 Å². The Balaban J connectivity index is 1.60. The standard InChI is InChI=1S/C23H25N3O4S/c1-16-23(31(28,29)25-13-12-19-6-4-5-7-20(19)15-25)17(2)26(24-16)22(27)14-18-8-10-21(30-3)11-9-18/h4-11H,12-15H2,1-3H3. The molecular weight excluding hydrogens is 414 g/mol. The van der Waals surface area contributed by atoms with E-state index in [-0.39, 0.29) is 17.2 Å². The minimum Gasteiger partial charge on any atom is -0.497 e. The fourth-order valence-corrected chi connectivity index (χ4v) is 5.81. The van der Waals surface area contributed by atoms with Gasteiger partial charge in [-0.2, -0.15) is 9.40 Å². The van der Waals surface area contributed by atoms with Crippen molar-refractivity contribution in [3.05, 3.63) is 76.6 Å². The van der Waals surface area contributed by atoms with Gasteiger partial charge in [-0.05, 0) is 49.1 Å². The molecule has 4 rings (SSSR count). The molecule has 31 heavy (non-hydrogen) atoms. The number of benzene rings is 2. The van der Waals surface area contributed by atoms with Crippen LogP contribution in [0.1, 0.15) is 32.9 Å². The highest BCUT2D eigenvalue weighted by Gasteiger charge is 2.34. The van der Waals surface area contributed by atoms with Crippen molar-refractivity contribution < 1.29 is 17.9 Å². The van der Waals surface area contributed by atoms with Crippen molar-refractivity contribution in [1.29, 1.82) is 0 Å². The fourth-order valence-electron chi connectivity index (χ4n) is 4.04. The van der Waals surface area contributed by atoms with Crippen LogP contribution >= 0.6 is 0 Å². The molecule has 1 aliphatic rings. The lowest BCUT2D eigenvalue weighted by Gasteiger charge is -2.28. The highest BCUT2D eigenvalue weighted by atomic mass is 32.2. The molecular formula is C23H25N3O4S. The molecule has 8 heteroatoms. The third kappa shape index (κ3) is 4.00. The van der Waals surface area contributed by atoms with Gasteiger partial charge in [0.05, 0.1) is 24.9 Å². The van der Waals surface area contributed by atoms with Crippen molar-refractivity contribution in [2.75, 3.05) is 13.7 Å². The SMILES string of the molecule is COc1ccc(CC(=O)n2nc(C)c(S(=O)(=O)N3CCc4ccccc4C3)c2C)cc1. The summed E-state index contributed by atoms with van der Waals surface area (Å²) in [5.41, 5.74) is 3.66. The van der Waals surface area contributed by atoms with Crippen molar-refractivity contribution in [2.45, 2.75) is 38.1 Å². The lowest BCUT2D eigenvalue weighted by atomic mass is 10.0. The second-order valence-corrected chi connectivity index (χ2v) is 9.56. The Morgan fingerprint density at radius 2 is 1.74 bits per heavy atom. The topological polar surface area (TPSA) is 81.5 Å². The number of methoxy groups -OCH3 is 1. The van der Waals surface area contributed by atoms with Gasteiger partial charge >= 0.3 is 0 Å². The summed E-state index contributed by atoms with van der Waals surface area (Å²) in [7, 11) is -2.20. The van der Waals surface area contributed by atoms with E-state index in [1.165, 1.54) is 14.6 Å². The summed E-state index contributed by atoms with van der Waals surface area (Å²) in [5.74, 6) is 0.426. The Kier molecular flexibility index (Phi) is 5.68. The van der Waals surface area contributed by atoms with E-state index < -0.39 is 10.0 Å². The van der Waals surface area contributed by atoms with Gasteiger partial charge in [-0.25, -0.2) is 13.1 Å². The van der Waals surface area contributed by atoms with Crippen LogP contribution in [0.15, 0.2) is 53.4 Å². The molecule has 3 aromatic rings. The van der Waals surface area contributed by atoms with Crippen LogP contribution in [0.3, 0.4) is 0 Å². The quantitative estimate of drug-likeness (QED) is 0.610. The molecule has 0 saturated heterocycles. The van der Waals surface area contributed by atoms with Crippen LogP contribution in [0, 0.1) is 13.8 Å². The van der Waals surface area contributed by atoms with Gasteiger partial charge in [0, 0.05) is 13.1 Å². The number of hydrogen-bond donors (Lipinski definition) is 0. The monoisotopic (exact) mass is 439 g/mol. The number of carbonyl (C=O) groups is 1. The first-order chi connectivity index (χ1) is 14.8. The molecule has 0 fully saturated rings. The summed E-state index contributed by atoms with van der Waals surface area (Å²) in [6.07, 6.45) is 0.778. The molecule has 0 atom stereocenters. The maximum atomic E-state index is 13.5. The fraction of sp³-hybridized carbons (Fsp3) is 0.304. The predicted octanol–water partition coefficient (Wildman–Crippen LogP) is 3.14. The molecule has 0 bridgehead atoms. The molecule has 2 heterocycles. The highest BCUT2D eigenvalue weighted by Crippen LogP contribution is 2.28. The molecule has 0 amide bonds. The van der Waals surface area contributed by atoms with Crippen LogP contribution < -0.4 is 4.74 Å². The number of sulfonamides is 1. The van der Waals surface area contributed by atoms with Gasteiger partial charge in [0.15, 0.2) is 0 Å². The molecule has 0 radical (unpaired) electrons. The van der Waals surface area contributed by atoms with Crippen molar-refractivity contribution >= 4 is 15.9 Å². The third-order valence-corrected chi connectivity index (χ3v) is 7.77. The lowest BCUT2D eigenvalue weighted by molar-refractivity contribution is 0.0895. The number of carbonyl (C=O) groups excluding carboxylic acids is 1. The zero-order valence-corrected chi connectivity index (χ0v) is 18.6.